The Balaban J connectivity index is 1.63. The van der Waals surface area contributed by atoms with Crippen molar-refractivity contribution in [3.05, 3.63) is 0 Å². The van der Waals surface area contributed by atoms with Crippen LogP contribution in [-0.2, 0) is 0 Å². The van der Waals surface area contributed by atoms with Gasteiger partial charge in [0.05, 0.1) is 0 Å². The quantitative estimate of drug-likeness (QED) is 0.606. The van der Waals surface area contributed by atoms with E-state index in [0.717, 1.165) is 18.5 Å². The molecule has 2 aliphatic rings. The zero-order chi connectivity index (χ0) is 9.10. The van der Waals surface area contributed by atoms with Gasteiger partial charge in [-0.15, -0.1) is 0 Å². The summed E-state index contributed by atoms with van der Waals surface area (Å²) in [4.78, 5) is 2.72. The highest BCUT2D eigenvalue weighted by molar-refractivity contribution is 4.88. The molecule has 0 aliphatic heterocycles. The van der Waals surface area contributed by atoms with Crippen molar-refractivity contribution in [3.8, 4) is 0 Å². The predicted molar refractivity (Wildman–Crippen MR) is 55.6 cm³/mol. The summed E-state index contributed by atoms with van der Waals surface area (Å²) >= 11 is 0. The average molecular weight is 182 g/mol. The van der Waals surface area contributed by atoms with Crippen LogP contribution in [-0.4, -0.2) is 30.6 Å². The van der Waals surface area contributed by atoms with Gasteiger partial charge in [0, 0.05) is 12.6 Å². The third-order valence-corrected chi connectivity index (χ3v) is 3.15. The van der Waals surface area contributed by atoms with Crippen LogP contribution in [0.15, 0.2) is 0 Å². The smallest absolute Gasteiger partial charge is 0.00965 e. The standard InChI is InChI=1S/C11H22N2/c12-7-1-2-8-13(11-5-6-11)9-10-3-4-10/h10-11H,1-9,12H2. The van der Waals surface area contributed by atoms with Gasteiger partial charge in [-0.3, -0.25) is 0 Å². The first-order valence-corrected chi connectivity index (χ1v) is 5.84. The van der Waals surface area contributed by atoms with E-state index in [2.05, 4.69) is 4.90 Å². The van der Waals surface area contributed by atoms with Crippen LogP contribution in [0.1, 0.15) is 38.5 Å². The van der Waals surface area contributed by atoms with Crippen molar-refractivity contribution < 1.29 is 0 Å². The maximum Gasteiger partial charge on any atom is 0.00965 e. The summed E-state index contributed by atoms with van der Waals surface area (Å²) in [5.74, 6) is 1.05. The van der Waals surface area contributed by atoms with Gasteiger partial charge in [-0.25, -0.2) is 0 Å². The summed E-state index contributed by atoms with van der Waals surface area (Å²) in [7, 11) is 0. The van der Waals surface area contributed by atoms with Gasteiger partial charge in [0.1, 0.15) is 0 Å². The van der Waals surface area contributed by atoms with Crippen LogP contribution in [0.25, 0.3) is 0 Å². The molecule has 2 N–H and O–H groups in total. The minimum absolute atomic E-state index is 0.863. The largest absolute Gasteiger partial charge is 0.330 e. The zero-order valence-corrected chi connectivity index (χ0v) is 8.54. The molecular weight excluding hydrogens is 160 g/mol. The fourth-order valence-electron chi connectivity index (χ4n) is 1.95. The van der Waals surface area contributed by atoms with E-state index in [4.69, 9.17) is 5.73 Å². The Morgan fingerprint density at radius 1 is 1.08 bits per heavy atom. The second kappa shape index (κ2) is 4.43. The lowest BCUT2D eigenvalue weighted by atomic mass is 10.2. The number of rotatable bonds is 7. The summed E-state index contributed by atoms with van der Waals surface area (Å²) in [6.07, 6.45) is 8.39. The van der Waals surface area contributed by atoms with Crippen LogP contribution in [0.4, 0.5) is 0 Å². The van der Waals surface area contributed by atoms with Gasteiger partial charge in [0.15, 0.2) is 0 Å². The van der Waals surface area contributed by atoms with Crippen LogP contribution < -0.4 is 5.73 Å². The van der Waals surface area contributed by atoms with E-state index in [1.807, 2.05) is 0 Å². The van der Waals surface area contributed by atoms with Crippen LogP contribution in [0.2, 0.25) is 0 Å². The summed E-state index contributed by atoms with van der Waals surface area (Å²) in [6, 6.07) is 0.957. The molecule has 0 heterocycles. The number of hydrogen-bond acceptors (Lipinski definition) is 2. The molecule has 2 saturated carbocycles. The van der Waals surface area contributed by atoms with Gasteiger partial charge < -0.3 is 10.6 Å². The lowest BCUT2D eigenvalue weighted by Gasteiger charge is -2.21. The van der Waals surface area contributed by atoms with E-state index in [0.29, 0.717) is 0 Å². The molecule has 0 aromatic heterocycles. The van der Waals surface area contributed by atoms with E-state index in [-0.39, 0.29) is 0 Å². The molecule has 0 aromatic rings. The molecular formula is C11H22N2. The van der Waals surface area contributed by atoms with Crippen molar-refractivity contribution in [1.82, 2.24) is 4.90 Å². The fourth-order valence-corrected chi connectivity index (χ4v) is 1.95. The number of unbranched alkanes of at least 4 members (excludes halogenated alkanes) is 1. The van der Waals surface area contributed by atoms with Gasteiger partial charge in [-0.1, -0.05) is 0 Å². The first kappa shape index (κ1) is 9.47. The third-order valence-electron chi connectivity index (χ3n) is 3.15. The third kappa shape index (κ3) is 3.28. The van der Waals surface area contributed by atoms with E-state index in [1.165, 1.54) is 51.6 Å². The summed E-state index contributed by atoms with van der Waals surface area (Å²) < 4.78 is 0. The Hall–Kier alpha value is -0.0800. The molecule has 13 heavy (non-hydrogen) atoms. The highest BCUT2D eigenvalue weighted by Crippen LogP contribution is 2.34. The Morgan fingerprint density at radius 3 is 2.38 bits per heavy atom. The molecule has 2 aliphatic carbocycles. The molecule has 0 radical (unpaired) electrons. The molecule has 2 fully saturated rings. The predicted octanol–water partition coefficient (Wildman–Crippen LogP) is 1.60. The number of hydrogen-bond donors (Lipinski definition) is 1. The fraction of sp³-hybridized carbons (Fsp3) is 1.00. The van der Waals surface area contributed by atoms with Crippen molar-refractivity contribution >= 4 is 0 Å². The monoisotopic (exact) mass is 182 g/mol. The van der Waals surface area contributed by atoms with E-state index >= 15 is 0 Å². The van der Waals surface area contributed by atoms with Gasteiger partial charge >= 0.3 is 0 Å². The Labute approximate surface area is 81.5 Å². The van der Waals surface area contributed by atoms with Gasteiger partial charge in [0.25, 0.3) is 0 Å². The molecule has 0 unspecified atom stereocenters. The van der Waals surface area contributed by atoms with Gasteiger partial charge in [0.2, 0.25) is 0 Å². The van der Waals surface area contributed by atoms with Gasteiger partial charge in [-0.05, 0) is 57.5 Å². The SMILES string of the molecule is NCCCCN(CC1CC1)C1CC1. The van der Waals surface area contributed by atoms with Gasteiger partial charge in [-0.2, -0.15) is 0 Å². The molecule has 2 nitrogen and oxygen atoms in total. The molecule has 2 heteroatoms. The minimum Gasteiger partial charge on any atom is -0.330 e. The minimum atomic E-state index is 0.863. The second-order valence-corrected chi connectivity index (χ2v) is 4.67. The molecule has 0 bridgehead atoms. The van der Waals surface area contributed by atoms with Crippen LogP contribution in [0.5, 0.6) is 0 Å². The molecule has 0 atom stereocenters. The van der Waals surface area contributed by atoms with E-state index in [1.54, 1.807) is 0 Å². The van der Waals surface area contributed by atoms with Crippen molar-refractivity contribution in [1.29, 1.82) is 0 Å². The molecule has 2 rings (SSSR count). The van der Waals surface area contributed by atoms with Crippen molar-refractivity contribution in [3.63, 3.8) is 0 Å². The second-order valence-electron chi connectivity index (χ2n) is 4.67. The first-order chi connectivity index (χ1) is 6.40. The lowest BCUT2D eigenvalue weighted by Crippen LogP contribution is -2.29. The number of nitrogens with two attached hydrogens (primary N) is 1. The molecule has 0 saturated heterocycles. The lowest BCUT2D eigenvalue weighted by molar-refractivity contribution is 0.248. The topological polar surface area (TPSA) is 29.3 Å². The normalized spacial score (nSPS) is 22.6. The van der Waals surface area contributed by atoms with Crippen LogP contribution in [0.3, 0.4) is 0 Å². The summed E-state index contributed by atoms with van der Waals surface area (Å²) in [6.45, 7) is 3.55. The molecule has 76 valence electrons. The maximum atomic E-state index is 5.50. The highest BCUT2D eigenvalue weighted by atomic mass is 15.2. The molecule has 0 spiro atoms. The summed E-state index contributed by atoms with van der Waals surface area (Å²) in [5.41, 5.74) is 5.50. The number of nitrogens with zero attached hydrogens (tertiary/aromatic N) is 1. The average Bonchev–Trinajstić information content (AvgIpc) is 2.98. The molecule has 0 aromatic carbocycles. The highest BCUT2D eigenvalue weighted by Gasteiger charge is 2.32. The Bertz CT molecular complexity index is 150. The van der Waals surface area contributed by atoms with Crippen LogP contribution in [0, 0.1) is 5.92 Å². The Kier molecular flexibility index (Phi) is 3.23. The van der Waals surface area contributed by atoms with Crippen molar-refractivity contribution in [2.75, 3.05) is 19.6 Å². The zero-order valence-electron chi connectivity index (χ0n) is 8.54. The van der Waals surface area contributed by atoms with E-state index in [9.17, 15) is 0 Å². The van der Waals surface area contributed by atoms with Crippen LogP contribution >= 0.6 is 0 Å². The first-order valence-electron chi connectivity index (χ1n) is 5.84. The van der Waals surface area contributed by atoms with E-state index < -0.39 is 0 Å². The Morgan fingerprint density at radius 2 is 1.85 bits per heavy atom. The maximum absolute atomic E-state index is 5.50. The summed E-state index contributed by atoms with van der Waals surface area (Å²) in [5, 5.41) is 0. The van der Waals surface area contributed by atoms with Crippen molar-refractivity contribution in [2.24, 2.45) is 11.7 Å². The molecule has 0 amide bonds. The van der Waals surface area contributed by atoms with Crippen molar-refractivity contribution in [2.45, 2.75) is 44.6 Å².